The van der Waals surface area contributed by atoms with Gasteiger partial charge >= 0.3 is 0 Å². The lowest BCUT2D eigenvalue weighted by Crippen LogP contribution is -2.36. The van der Waals surface area contributed by atoms with Gasteiger partial charge in [0.05, 0.1) is 19.5 Å². The van der Waals surface area contributed by atoms with E-state index in [4.69, 9.17) is 9.15 Å². The van der Waals surface area contributed by atoms with Gasteiger partial charge in [0, 0.05) is 32.3 Å². The van der Waals surface area contributed by atoms with Crippen LogP contribution in [0.1, 0.15) is 16.1 Å². The van der Waals surface area contributed by atoms with Crippen molar-refractivity contribution in [2.24, 2.45) is 0 Å². The molecule has 0 atom stereocenters. The summed E-state index contributed by atoms with van der Waals surface area (Å²) in [7, 11) is 0. The van der Waals surface area contributed by atoms with Gasteiger partial charge in [-0.15, -0.1) is 5.10 Å². The largest absolute Gasteiger partial charge is 0.469 e. The molecule has 1 saturated heterocycles. The number of ether oxygens (including phenoxy) is 1. The van der Waals surface area contributed by atoms with Crippen molar-refractivity contribution in [3.63, 3.8) is 0 Å². The second-order valence-corrected chi connectivity index (χ2v) is 6.68. The zero-order chi connectivity index (χ0) is 17.9. The number of hydrogen-bond acceptors (Lipinski definition) is 8. The van der Waals surface area contributed by atoms with Crippen LogP contribution in [0.4, 0.5) is 5.13 Å². The molecule has 0 bridgehead atoms. The molecule has 10 heteroatoms. The summed E-state index contributed by atoms with van der Waals surface area (Å²) >= 11 is 1.32. The highest BCUT2D eigenvalue weighted by molar-refractivity contribution is 7.20. The van der Waals surface area contributed by atoms with Crippen molar-refractivity contribution in [1.82, 2.24) is 19.9 Å². The monoisotopic (exact) mass is 375 g/mol. The minimum atomic E-state index is -0.471. The van der Waals surface area contributed by atoms with E-state index in [0.29, 0.717) is 49.4 Å². The zero-order valence-corrected chi connectivity index (χ0v) is 14.7. The van der Waals surface area contributed by atoms with Crippen LogP contribution < -0.4 is 15.8 Å². The quantitative estimate of drug-likeness (QED) is 0.695. The molecule has 0 radical (unpaired) electrons. The maximum atomic E-state index is 12.6. The van der Waals surface area contributed by atoms with E-state index in [1.165, 1.54) is 22.0 Å². The molecular formula is C16H17N5O4S. The van der Waals surface area contributed by atoms with Crippen LogP contribution in [0.25, 0.3) is 4.96 Å². The molecule has 0 aliphatic carbocycles. The van der Waals surface area contributed by atoms with Crippen LogP contribution in [0.5, 0.6) is 0 Å². The Balaban J connectivity index is 1.51. The Hall–Kier alpha value is -2.72. The standard InChI is InChI=1S/C16H17N5O4S/c22-13(17-4-3-11-2-1-7-25-11)12-10-18-15-21(14(12)23)19-16(26-15)20-5-8-24-9-6-20/h1-2,7,10H,3-6,8-9H2,(H,17,22). The molecule has 1 N–H and O–H groups in total. The number of carbonyl (C=O) groups is 1. The predicted molar refractivity (Wildman–Crippen MR) is 94.9 cm³/mol. The molecule has 0 unspecified atom stereocenters. The summed E-state index contributed by atoms with van der Waals surface area (Å²) in [6.07, 6.45) is 3.43. The number of aromatic nitrogens is 3. The first-order chi connectivity index (χ1) is 12.7. The number of amides is 1. The molecule has 4 rings (SSSR count). The van der Waals surface area contributed by atoms with E-state index in [1.807, 2.05) is 11.0 Å². The van der Waals surface area contributed by atoms with E-state index in [1.54, 1.807) is 12.3 Å². The van der Waals surface area contributed by atoms with Gasteiger partial charge in [0.15, 0.2) is 0 Å². The highest BCUT2D eigenvalue weighted by Gasteiger charge is 2.19. The van der Waals surface area contributed by atoms with E-state index in [2.05, 4.69) is 15.4 Å². The van der Waals surface area contributed by atoms with Gasteiger partial charge in [0.1, 0.15) is 11.3 Å². The number of fused-ring (bicyclic) bond motifs is 1. The van der Waals surface area contributed by atoms with Crippen molar-refractivity contribution in [3.05, 3.63) is 46.3 Å². The summed E-state index contributed by atoms with van der Waals surface area (Å²) in [5.74, 6) is 0.301. The molecule has 4 heterocycles. The molecule has 26 heavy (non-hydrogen) atoms. The fraction of sp³-hybridized carbons (Fsp3) is 0.375. The third kappa shape index (κ3) is 3.33. The smallest absolute Gasteiger partial charge is 0.288 e. The van der Waals surface area contributed by atoms with Gasteiger partial charge in [-0.1, -0.05) is 11.3 Å². The number of carbonyl (C=O) groups excluding carboxylic acids is 1. The number of morpholine rings is 1. The Bertz CT molecular complexity index is 959. The molecule has 0 spiro atoms. The molecule has 3 aromatic heterocycles. The lowest BCUT2D eigenvalue weighted by molar-refractivity contribution is 0.0951. The summed E-state index contributed by atoms with van der Waals surface area (Å²) in [6, 6.07) is 3.62. The van der Waals surface area contributed by atoms with E-state index >= 15 is 0 Å². The Labute approximate surface area is 152 Å². The summed E-state index contributed by atoms with van der Waals surface area (Å²) in [4.78, 5) is 31.6. The first kappa shape index (κ1) is 16.7. The topological polar surface area (TPSA) is 102 Å². The van der Waals surface area contributed by atoms with Crippen LogP contribution in [-0.4, -0.2) is 53.4 Å². The number of rotatable bonds is 5. The number of anilines is 1. The van der Waals surface area contributed by atoms with Gasteiger partial charge in [-0.3, -0.25) is 9.59 Å². The third-order valence-electron chi connectivity index (χ3n) is 4.04. The molecule has 0 saturated carbocycles. The van der Waals surface area contributed by atoms with Crippen LogP contribution in [-0.2, 0) is 11.2 Å². The van der Waals surface area contributed by atoms with Crippen LogP contribution in [0.15, 0.2) is 33.8 Å². The first-order valence-electron chi connectivity index (χ1n) is 8.24. The van der Waals surface area contributed by atoms with Crippen molar-refractivity contribution in [2.75, 3.05) is 37.7 Å². The van der Waals surface area contributed by atoms with Gasteiger partial charge in [-0.05, 0) is 12.1 Å². The average molecular weight is 375 g/mol. The number of furan rings is 1. The number of nitrogens with zero attached hydrogens (tertiary/aromatic N) is 4. The minimum Gasteiger partial charge on any atom is -0.469 e. The Morgan fingerprint density at radius 1 is 1.35 bits per heavy atom. The van der Waals surface area contributed by atoms with Crippen molar-refractivity contribution < 1.29 is 13.9 Å². The van der Waals surface area contributed by atoms with Gasteiger partial charge in [-0.2, -0.15) is 4.52 Å². The second-order valence-electron chi connectivity index (χ2n) is 5.74. The second kappa shape index (κ2) is 7.26. The van der Waals surface area contributed by atoms with Crippen molar-refractivity contribution >= 4 is 27.3 Å². The van der Waals surface area contributed by atoms with E-state index in [9.17, 15) is 9.59 Å². The van der Waals surface area contributed by atoms with E-state index in [-0.39, 0.29) is 5.56 Å². The molecule has 1 amide bonds. The van der Waals surface area contributed by atoms with Crippen LogP contribution in [0.3, 0.4) is 0 Å². The van der Waals surface area contributed by atoms with Gasteiger partial charge in [0.2, 0.25) is 10.1 Å². The number of hydrogen-bond donors (Lipinski definition) is 1. The van der Waals surface area contributed by atoms with Crippen molar-refractivity contribution in [1.29, 1.82) is 0 Å². The summed E-state index contributed by atoms with van der Waals surface area (Å²) in [6.45, 7) is 3.05. The maximum absolute atomic E-state index is 12.6. The highest BCUT2D eigenvalue weighted by Crippen LogP contribution is 2.21. The molecule has 136 valence electrons. The molecule has 1 aliphatic rings. The zero-order valence-electron chi connectivity index (χ0n) is 13.9. The fourth-order valence-electron chi connectivity index (χ4n) is 2.66. The number of nitrogens with one attached hydrogen (secondary N) is 1. The SMILES string of the molecule is O=C(NCCc1ccco1)c1cnc2sc(N3CCOCC3)nn2c1=O. The van der Waals surface area contributed by atoms with Gasteiger partial charge < -0.3 is 19.4 Å². The van der Waals surface area contributed by atoms with Crippen LogP contribution in [0.2, 0.25) is 0 Å². The molecule has 0 aromatic carbocycles. The molecule has 1 aliphatic heterocycles. The first-order valence-corrected chi connectivity index (χ1v) is 9.06. The Morgan fingerprint density at radius 2 is 2.19 bits per heavy atom. The minimum absolute atomic E-state index is 0.0271. The maximum Gasteiger partial charge on any atom is 0.288 e. The molecular weight excluding hydrogens is 358 g/mol. The fourth-order valence-corrected chi connectivity index (χ4v) is 3.58. The van der Waals surface area contributed by atoms with Crippen molar-refractivity contribution in [2.45, 2.75) is 6.42 Å². The molecule has 9 nitrogen and oxygen atoms in total. The van der Waals surface area contributed by atoms with Gasteiger partial charge in [-0.25, -0.2) is 4.98 Å². The van der Waals surface area contributed by atoms with Crippen LogP contribution in [0, 0.1) is 0 Å². The Morgan fingerprint density at radius 3 is 2.96 bits per heavy atom. The normalized spacial score (nSPS) is 14.7. The Kier molecular flexibility index (Phi) is 4.67. The van der Waals surface area contributed by atoms with Crippen molar-refractivity contribution in [3.8, 4) is 0 Å². The summed E-state index contributed by atoms with van der Waals surface area (Å²) < 4.78 is 11.7. The van der Waals surface area contributed by atoms with E-state index in [0.717, 1.165) is 5.76 Å². The lowest BCUT2D eigenvalue weighted by atomic mass is 10.3. The highest BCUT2D eigenvalue weighted by atomic mass is 32.1. The summed E-state index contributed by atoms with van der Waals surface area (Å²) in [5, 5.41) is 7.75. The summed E-state index contributed by atoms with van der Waals surface area (Å²) in [5.41, 5.74) is -0.498. The third-order valence-corrected chi connectivity index (χ3v) is 5.02. The predicted octanol–water partition coefficient (Wildman–Crippen LogP) is 0.553. The lowest BCUT2D eigenvalue weighted by Gasteiger charge is -2.25. The average Bonchev–Trinajstić information content (AvgIpc) is 3.32. The molecule has 1 fully saturated rings. The van der Waals surface area contributed by atoms with Crippen LogP contribution >= 0.6 is 11.3 Å². The van der Waals surface area contributed by atoms with E-state index < -0.39 is 11.5 Å². The molecule has 3 aromatic rings. The van der Waals surface area contributed by atoms with Gasteiger partial charge in [0.25, 0.3) is 11.5 Å².